The minimum atomic E-state index is 0.717. The quantitative estimate of drug-likeness (QED) is 0.508. The predicted molar refractivity (Wildman–Crippen MR) is 102 cm³/mol. The van der Waals surface area contributed by atoms with Crippen molar-refractivity contribution in [3.63, 3.8) is 0 Å². The topological polar surface area (TPSA) is 38.0 Å². The molecule has 0 atom stereocenters. The van der Waals surface area contributed by atoms with Crippen LogP contribution in [0.3, 0.4) is 0 Å². The van der Waals surface area contributed by atoms with Gasteiger partial charge in [0.1, 0.15) is 11.8 Å². The Morgan fingerprint density at radius 2 is 1.80 bits per heavy atom. The molecule has 0 amide bonds. The molecule has 0 fully saturated rings. The zero-order valence-corrected chi connectivity index (χ0v) is 14.3. The first kappa shape index (κ1) is 15.3. The van der Waals surface area contributed by atoms with Crippen LogP contribution in [-0.4, -0.2) is 11.7 Å². The van der Waals surface area contributed by atoms with E-state index in [1.54, 1.807) is 7.11 Å². The van der Waals surface area contributed by atoms with E-state index in [0.717, 1.165) is 40.0 Å². The molecule has 4 rings (SSSR count). The Kier molecular flexibility index (Phi) is 3.66. The Hall–Kier alpha value is -3.25. The van der Waals surface area contributed by atoms with E-state index in [-0.39, 0.29) is 0 Å². The minimum absolute atomic E-state index is 0.717. The highest BCUT2D eigenvalue weighted by Crippen LogP contribution is 2.36. The Bertz CT molecular complexity index is 1130. The van der Waals surface area contributed by atoms with Crippen LogP contribution in [0.1, 0.15) is 12.5 Å². The summed E-state index contributed by atoms with van der Waals surface area (Å²) in [6, 6.07) is 23.0. The molecule has 1 aromatic heterocycles. The number of ether oxygens (including phenoxy) is 1. The average molecular weight is 326 g/mol. The highest BCUT2D eigenvalue weighted by molar-refractivity contribution is 5.97. The molecule has 0 N–H and O–H groups in total. The van der Waals surface area contributed by atoms with Crippen LogP contribution >= 0.6 is 0 Å². The van der Waals surface area contributed by atoms with Gasteiger partial charge in [0.05, 0.1) is 23.9 Å². The van der Waals surface area contributed by atoms with Crippen LogP contribution < -0.4 is 4.74 Å². The third-order valence-corrected chi connectivity index (χ3v) is 4.72. The first-order chi connectivity index (χ1) is 12.3. The van der Waals surface area contributed by atoms with Gasteiger partial charge in [-0.1, -0.05) is 36.4 Å². The summed E-state index contributed by atoms with van der Waals surface area (Å²) >= 11 is 0. The fourth-order valence-corrected chi connectivity index (χ4v) is 3.53. The third kappa shape index (κ3) is 2.35. The van der Waals surface area contributed by atoms with Crippen LogP contribution in [-0.2, 0) is 6.54 Å². The van der Waals surface area contributed by atoms with Gasteiger partial charge in [-0.05, 0) is 35.9 Å². The number of hydrogen-bond acceptors (Lipinski definition) is 2. The molecule has 0 aliphatic rings. The number of aromatic nitrogens is 1. The van der Waals surface area contributed by atoms with E-state index in [1.807, 2.05) is 30.3 Å². The molecule has 3 aromatic carbocycles. The van der Waals surface area contributed by atoms with Crippen molar-refractivity contribution in [1.29, 1.82) is 5.26 Å². The van der Waals surface area contributed by atoms with Gasteiger partial charge in [-0.2, -0.15) is 5.26 Å². The van der Waals surface area contributed by atoms with Crippen LogP contribution in [0.2, 0.25) is 0 Å². The van der Waals surface area contributed by atoms with E-state index in [0.29, 0.717) is 0 Å². The van der Waals surface area contributed by atoms with Crippen molar-refractivity contribution >= 4 is 21.7 Å². The summed E-state index contributed by atoms with van der Waals surface area (Å²) in [7, 11) is 1.66. The molecule has 0 aliphatic heterocycles. The maximum atomic E-state index is 9.83. The Morgan fingerprint density at radius 3 is 2.52 bits per heavy atom. The lowest BCUT2D eigenvalue weighted by atomic mass is 10.0. The van der Waals surface area contributed by atoms with Gasteiger partial charge < -0.3 is 9.30 Å². The first-order valence-corrected chi connectivity index (χ1v) is 8.36. The largest absolute Gasteiger partial charge is 0.497 e. The van der Waals surface area contributed by atoms with Gasteiger partial charge in [-0.3, -0.25) is 0 Å². The van der Waals surface area contributed by atoms with Crippen molar-refractivity contribution in [3.8, 4) is 23.1 Å². The van der Waals surface area contributed by atoms with Gasteiger partial charge in [-0.25, -0.2) is 0 Å². The van der Waals surface area contributed by atoms with E-state index >= 15 is 0 Å². The van der Waals surface area contributed by atoms with Crippen molar-refractivity contribution in [2.45, 2.75) is 13.5 Å². The van der Waals surface area contributed by atoms with Crippen LogP contribution in [0, 0.1) is 11.3 Å². The molecule has 122 valence electrons. The van der Waals surface area contributed by atoms with Crippen molar-refractivity contribution in [1.82, 2.24) is 4.57 Å². The van der Waals surface area contributed by atoms with Crippen LogP contribution in [0.15, 0.2) is 60.7 Å². The monoisotopic (exact) mass is 326 g/mol. The Labute approximate surface area is 146 Å². The molecule has 3 heteroatoms. The second-order valence-electron chi connectivity index (χ2n) is 6.02. The summed E-state index contributed by atoms with van der Waals surface area (Å²) in [5, 5.41) is 13.2. The highest BCUT2D eigenvalue weighted by atomic mass is 16.5. The summed E-state index contributed by atoms with van der Waals surface area (Å²) in [6.07, 6.45) is 0. The molecule has 0 bridgehead atoms. The zero-order chi connectivity index (χ0) is 17.4. The number of fused-ring (bicyclic) bond motifs is 2. The number of nitrogens with zero attached hydrogens (tertiary/aromatic N) is 2. The summed E-state index contributed by atoms with van der Waals surface area (Å²) < 4.78 is 7.57. The van der Waals surface area contributed by atoms with E-state index in [1.165, 1.54) is 10.8 Å². The standard InChI is InChI=1S/C22H18N2O/c1-3-24-21-13-18(25-2)10-11-19(21)20(14-23)22(24)17-9-8-15-6-4-5-7-16(15)12-17/h4-13H,3H2,1-2H3. The molecular weight excluding hydrogens is 308 g/mol. The molecule has 3 nitrogen and oxygen atoms in total. The van der Waals surface area contributed by atoms with Crippen molar-refractivity contribution in [2.75, 3.05) is 7.11 Å². The molecular formula is C22H18N2O. The number of nitriles is 1. The van der Waals surface area contributed by atoms with Crippen molar-refractivity contribution < 1.29 is 4.74 Å². The number of rotatable bonds is 3. The van der Waals surface area contributed by atoms with E-state index in [4.69, 9.17) is 4.74 Å². The SMILES string of the molecule is CCn1c(-c2ccc3ccccc3c2)c(C#N)c2ccc(OC)cc21. The smallest absolute Gasteiger partial charge is 0.120 e. The van der Waals surface area contributed by atoms with E-state index < -0.39 is 0 Å². The number of methoxy groups -OCH3 is 1. The zero-order valence-electron chi connectivity index (χ0n) is 14.3. The summed E-state index contributed by atoms with van der Waals surface area (Å²) in [6.45, 7) is 2.89. The summed E-state index contributed by atoms with van der Waals surface area (Å²) in [4.78, 5) is 0. The molecule has 0 aliphatic carbocycles. The van der Waals surface area contributed by atoms with Gasteiger partial charge in [0.2, 0.25) is 0 Å². The average Bonchev–Trinajstić information content (AvgIpc) is 3.00. The second kappa shape index (κ2) is 5.99. The van der Waals surface area contributed by atoms with E-state index in [2.05, 4.69) is 47.9 Å². The molecule has 0 saturated heterocycles. The predicted octanol–water partition coefficient (Wildman–Crippen LogP) is 5.36. The Balaban J connectivity index is 2.06. The molecule has 0 unspecified atom stereocenters. The number of aryl methyl sites for hydroxylation is 1. The maximum Gasteiger partial charge on any atom is 0.120 e. The van der Waals surface area contributed by atoms with Gasteiger partial charge in [0, 0.05) is 23.6 Å². The number of benzene rings is 3. The normalized spacial score (nSPS) is 10.9. The molecule has 0 spiro atoms. The van der Waals surface area contributed by atoms with Gasteiger partial charge in [-0.15, -0.1) is 0 Å². The fourth-order valence-electron chi connectivity index (χ4n) is 3.53. The van der Waals surface area contributed by atoms with Crippen LogP contribution in [0.5, 0.6) is 5.75 Å². The molecule has 0 radical (unpaired) electrons. The summed E-state index contributed by atoms with van der Waals surface area (Å²) in [5.74, 6) is 0.800. The molecule has 4 aromatic rings. The lowest BCUT2D eigenvalue weighted by Gasteiger charge is -2.10. The van der Waals surface area contributed by atoms with E-state index in [9.17, 15) is 5.26 Å². The lowest BCUT2D eigenvalue weighted by molar-refractivity contribution is 0.415. The van der Waals surface area contributed by atoms with Crippen LogP contribution in [0.4, 0.5) is 0 Å². The Morgan fingerprint density at radius 1 is 1.00 bits per heavy atom. The molecule has 1 heterocycles. The van der Waals surface area contributed by atoms with Gasteiger partial charge in [0.25, 0.3) is 0 Å². The third-order valence-electron chi connectivity index (χ3n) is 4.72. The maximum absolute atomic E-state index is 9.83. The summed E-state index contributed by atoms with van der Waals surface area (Å²) in [5.41, 5.74) is 3.78. The van der Waals surface area contributed by atoms with Gasteiger partial charge >= 0.3 is 0 Å². The molecule has 0 saturated carbocycles. The second-order valence-corrected chi connectivity index (χ2v) is 6.02. The van der Waals surface area contributed by atoms with Crippen LogP contribution in [0.25, 0.3) is 32.9 Å². The highest BCUT2D eigenvalue weighted by Gasteiger charge is 2.18. The fraction of sp³-hybridized carbons (Fsp3) is 0.136. The first-order valence-electron chi connectivity index (χ1n) is 8.36. The molecule has 25 heavy (non-hydrogen) atoms. The number of hydrogen-bond donors (Lipinski definition) is 0. The lowest BCUT2D eigenvalue weighted by Crippen LogP contribution is -1.98. The van der Waals surface area contributed by atoms with Gasteiger partial charge in [0.15, 0.2) is 0 Å². The minimum Gasteiger partial charge on any atom is -0.497 e. The van der Waals surface area contributed by atoms with Crippen molar-refractivity contribution in [2.24, 2.45) is 0 Å². The van der Waals surface area contributed by atoms with Crippen molar-refractivity contribution in [3.05, 3.63) is 66.2 Å².